The van der Waals surface area contributed by atoms with Crippen LogP contribution in [0.3, 0.4) is 0 Å². The van der Waals surface area contributed by atoms with Crippen LogP contribution < -0.4 is 0 Å². The van der Waals surface area contributed by atoms with Crippen LogP contribution >= 0.6 is 23.4 Å². The quantitative estimate of drug-likeness (QED) is 0.698. The van der Waals surface area contributed by atoms with Crippen molar-refractivity contribution in [1.82, 2.24) is 0 Å². The normalized spacial score (nSPS) is 30.6. The molecule has 0 radical (unpaired) electrons. The van der Waals surface area contributed by atoms with Crippen molar-refractivity contribution in [2.24, 2.45) is 0 Å². The number of hydrogen-bond donors (Lipinski definition) is 1. The average Bonchev–Trinajstić information content (AvgIpc) is 2.31. The van der Waals surface area contributed by atoms with Gasteiger partial charge in [0.15, 0.2) is 0 Å². The first-order chi connectivity index (χ1) is 5.20. The number of aliphatic carboxylic acids is 1. The first-order valence-electron chi connectivity index (χ1n) is 3.67. The molecule has 1 rings (SSSR count). The molecular formula is C7H11ClO2S. The second-order valence-corrected chi connectivity index (χ2v) is 4.48. The Morgan fingerprint density at radius 3 is 2.82 bits per heavy atom. The molecule has 0 aliphatic heterocycles. The first kappa shape index (κ1) is 9.20. The number of carboxylic acids is 1. The molecule has 0 spiro atoms. The highest BCUT2D eigenvalue weighted by Crippen LogP contribution is 2.33. The minimum atomic E-state index is -0.745. The third kappa shape index (κ3) is 2.91. The van der Waals surface area contributed by atoms with Gasteiger partial charge in [-0.1, -0.05) is 6.42 Å². The third-order valence-corrected chi connectivity index (χ3v) is 3.87. The maximum atomic E-state index is 10.2. The third-order valence-electron chi connectivity index (χ3n) is 1.79. The lowest BCUT2D eigenvalue weighted by Gasteiger charge is -2.10. The second kappa shape index (κ2) is 4.21. The summed E-state index contributed by atoms with van der Waals surface area (Å²) in [6, 6.07) is 0. The summed E-state index contributed by atoms with van der Waals surface area (Å²) in [6.45, 7) is 0. The second-order valence-electron chi connectivity index (χ2n) is 2.69. The van der Waals surface area contributed by atoms with Crippen LogP contribution in [0.4, 0.5) is 0 Å². The monoisotopic (exact) mass is 194 g/mol. The highest BCUT2D eigenvalue weighted by Gasteiger charge is 2.25. The van der Waals surface area contributed by atoms with E-state index >= 15 is 0 Å². The summed E-state index contributed by atoms with van der Waals surface area (Å²) in [4.78, 5) is 10.2. The molecule has 0 aromatic heterocycles. The predicted octanol–water partition coefficient (Wildman–Crippen LogP) is 1.96. The Morgan fingerprint density at radius 2 is 2.36 bits per heavy atom. The van der Waals surface area contributed by atoms with E-state index in [4.69, 9.17) is 16.7 Å². The van der Waals surface area contributed by atoms with E-state index in [0.717, 1.165) is 19.3 Å². The molecule has 0 saturated heterocycles. The smallest absolute Gasteiger partial charge is 0.313 e. The molecule has 0 bridgehead atoms. The molecule has 1 fully saturated rings. The van der Waals surface area contributed by atoms with Crippen LogP contribution in [-0.2, 0) is 4.79 Å². The Morgan fingerprint density at radius 1 is 1.64 bits per heavy atom. The number of alkyl halides is 1. The fourth-order valence-corrected chi connectivity index (χ4v) is 2.78. The topological polar surface area (TPSA) is 37.3 Å². The van der Waals surface area contributed by atoms with Crippen molar-refractivity contribution in [3.8, 4) is 0 Å². The van der Waals surface area contributed by atoms with Gasteiger partial charge in [0.1, 0.15) is 0 Å². The molecular weight excluding hydrogens is 184 g/mol. The van der Waals surface area contributed by atoms with E-state index in [9.17, 15) is 4.79 Å². The molecule has 2 atom stereocenters. The maximum absolute atomic E-state index is 10.2. The Balaban J connectivity index is 2.20. The summed E-state index contributed by atoms with van der Waals surface area (Å²) in [5.74, 6) is -0.556. The van der Waals surface area contributed by atoms with Crippen LogP contribution in [-0.4, -0.2) is 27.5 Å². The summed E-state index contributed by atoms with van der Waals surface area (Å²) in [6.07, 6.45) is 3.26. The zero-order valence-electron chi connectivity index (χ0n) is 6.12. The Bertz CT molecular complexity index is 151. The van der Waals surface area contributed by atoms with E-state index in [1.165, 1.54) is 11.8 Å². The van der Waals surface area contributed by atoms with Crippen molar-refractivity contribution in [3.05, 3.63) is 0 Å². The predicted molar refractivity (Wildman–Crippen MR) is 47.4 cm³/mol. The van der Waals surface area contributed by atoms with Crippen molar-refractivity contribution in [1.29, 1.82) is 0 Å². The van der Waals surface area contributed by atoms with Crippen molar-refractivity contribution in [2.45, 2.75) is 29.9 Å². The minimum absolute atomic E-state index is 0.188. The molecule has 1 N–H and O–H groups in total. The lowest BCUT2D eigenvalue weighted by molar-refractivity contribution is -0.133. The Kier molecular flexibility index (Phi) is 3.52. The number of hydrogen-bond acceptors (Lipinski definition) is 2. The van der Waals surface area contributed by atoms with Crippen LogP contribution in [0.1, 0.15) is 19.3 Å². The van der Waals surface area contributed by atoms with Crippen molar-refractivity contribution >= 4 is 29.3 Å². The van der Waals surface area contributed by atoms with Crippen LogP contribution in [0.5, 0.6) is 0 Å². The van der Waals surface area contributed by atoms with Gasteiger partial charge in [0.2, 0.25) is 0 Å². The highest BCUT2D eigenvalue weighted by molar-refractivity contribution is 8.00. The molecule has 2 nitrogen and oxygen atoms in total. The molecule has 0 heterocycles. The summed E-state index contributed by atoms with van der Waals surface area (Å²) < 4.78 is 0. The Hall–Kier alpha value is 0.110. The van der Waals surface area contributed by atoms with Gasteiger partial charge in [-0.15, -0.1) is 23.4 Å². The summed E-state index contributed by atoms with van der Waals surface area (Å²) in [5, 5.41) is 8.96. The lowest BCUT2D eigenvalue weighted by atomic mass is 10.4. The molecule has 0 aromatic rings. The van der Waals surface area contributed by atoms with Gasteiger partial charge in [0.25, 0.3) is 0 Å². The van der Waals surface area contributed by atoms with Gasteiger partial charge in [-0.3, -0.25) is 4.79 Å². The molecule has 0 amide bonds. The molecule has 4 heteroatoms. The summed E-state index contributed by atoms with van der Waals surface area (Å²) >= 11 is 7.42. The molecule has 11 heavy (non-hydrogen) atoms. The van der Waals surface area contributed by atoms with Gasteiger partial charge in [0.05, 0.1) is 5.75 Å². The van der Waals surface area contributed by atoms with Gasteiger partial charge in [-0.25, -0.2) is 0 Å². The van der Waals surface area contributed by atoms with Crippen molar-refractivity contribution < 1.29 is 9.90 Å². The van der Waals surface area contributed by atoms with Gasteiger partial charge in [0, 0.05) is 10.6 Å². The average molecular weight is 195 g/mol. The van der Waals surface area contributed by atoms with E-state index < -0.39 is 5.97 Å². The standard InChI is InChI=1S/C7H11ClO2S/c8-5-2-1-3-6(5)11-4-7(9)10/h5-6H,1-4H2,(H,9,10)/t5-,6-/m1/s1. The Labute approximate surface area is 75.3 Å². The number of carbonyl (C=O) groups is 1. The van der Waals surface area contributed by atoms with Crippen LogP contribution in [0.2, 0.25) is 0 Å². The minimum Gasteiger partial charge on any atom is -0.481 e. The summed E-state index contributed by atoms with van der Waals surface area (Å²) in [5.41, 5.74) is 0. The molecule has 1 aliphatic carbocycles. The molecule has 64 valence electrons. The van der Waals surface area contributed by atoms with Crippen molar-refractivity contribution in [2.75, 3.05) is 5.75 Å². The first-order valence-corrected chi connectivity index (χ1v) is 5.16. The van der Waals surface area contributed by atoms with Crippen molar-refractivity contribution in [3.63, 3.8) is 0 Å². The highest BCUT2D eigenvalue weighted by atomic mass is 35.5. The van der Waals surface area contributed by atoms with Gasteiger partial charge >= 0.3 is 5.97 Å². The fourth-order valence-electron chi connectivity index (χ4n) is 1.25. The van der Waals surface area contributed by atoms with E-state index in [-0.39, 0.29) is 11.1 Å². The van der Waals surface area contributed by atoms with Gasteiger partial charge < -0.3 is 5.11 Å². The van der Waals surface area contributed by atoms with Crippen LogP contribution in [0, 0.1) is 0 Å². The van der Waals surface area contributed by atoms with Crippen LogP contribution in [0.25, 0.3) is 0 Å². The number of carboxylic acid groups (broad SMARTS) is 1. The number of thioether (sulfide) groups is 1. The summed E-state index contributed by atoms with van der Waals surface area (Å²) in [7, 11) is 0. The zero-order valence-corrected chi connectivity index (χ0v) is 7.70. The number of rotatable bonds is 3. The van der Waals surface area contributed by atoms with Gasteiger partial charge in [-0.05, 0) is 12.8 Å². The lowest BCUT2D eigenvalue weighted by Crippen LogP contribution is -2.12. The molecule has 1 aliphatic rings. The maximum Gasteiger partial charge on any atom is 0.313 e. The largest absolute Gasteiger partial charge is 0.481 e. The van der Waals surface area contributed by atoms with E-state index in [1.807, 2.05) is 0 Å². The SMILES string of the molecule is O=C(O)CS[C@@H]1CCC[C@H]1Cl. The van der Waals surface area contributed by atoms with Crippen LogP contribution in [0.15, 0.2) is 0 Å². The zero-order chi connectivity index (χ0) is 8.27. The van der Waals surface area contributed by atoms with E-state index in [1.54, 1.807) is 0 Å². The molecule has 0 aromatic carbocycles. The molecule has 0 unspecified atom stereocenters. The van der Waals surface area contributed by atoms with Gasteiger partial charge in [-0.2, -0.15) is 0 Å². The molecule has 1 saturated carbocycles. The number of halogens is 1. The van der Waals surface area contributed by atoms with E-state index in [2.05, 4.69) is 0 Å². The van der Waals surface area contributed by atoms with E-state index in [0.29, 0.717) is 5.25 Å². The fraction of sp³-hybridized carbons (Fsp3) is 0.857.